The summed E-state index contributed by atoms with van der Waals surface area (Å²) in [6.07, 6.45) is 0.854. The minimum atomic E-state index is -3.54. The average Bonchev–Trinajstić information content (AvgIpc) is 2.78. The van der Waals surface area contributed by atoms with Crippen LogP contribution in [0.25, 0.3) is 0 Å². The van der Waals surface area contributed by atoms with Crippen LogP contribution in [0, 0.1) is 5.92 Å². The molecule has 1 aliphatic rings. The van der Waals surface area contributed by atoms with Crippen LogP contribution >= 0.6 is 0 Å². The van der Waals surface area contributed by atoms with E-state index in [2.05, 4.69) is 10.6 Å². The molecule has 1 atom stereocenters. The van der Waals surface area contributed by atoms with Gasteiger partial charge in [0, 0.05) is 25.6 Å². The topological polar surface area (TPSA) is 95.6 Å². The lowest BCUT2D eigenvalue weighted by atomic mass is 9.97. The van der Waals surface area contributed by atoms with Crippen LogP contribution in [0.1, 0.15) is 25.3 Å². The monoisotopic (exact) mass is 429 g/mol. The molecule has 1 saturated heterocycles. The largest absolute Gasteiger partial charge is 0.350 e. The number of rotatable bonds is 7. The van der Waals surface area contributed by atoms with Gasteiger partial charge in [0.25, 0.3) is 0 Å². The van der Waals surface area contributed by atoms with E-state index < -0.39 is 16.1 Å². The van der Waals surface area contributed by atoms with E-state index in [9.17, 15) is 18.0 Å². The fourth-order valence-corrected chi connectivity index (χ4v) is 4.93. The van der Waals surface area contributed by atoms with Gasteiger partial charge >= 0.3 is 0 Å². The molecule has 2 aromatic rings. The molecule has 0 aliphatic carbocycles. The van der Waals surface area contributed by atoms with Crippen LogP contribution in [0.2, 0.25) is 0 Å². The first-order valence-corrected chi connectivity index (χ1v) is 11.5. The maximum atomic E-state index is 12.7. The maximum Gasteiger partial charge on any atom is 0.243 e. The zero-order chi connectivity index (χ0) is 21.6. The van der Waals surface area contributed by atoms with Gasteiger partial charge in [-0.2, -0.15) is 4.31 Å². The number of carbonyl (C=O) groups is 2. The standard InChI is InChI=1S/C22H27N3O4S/c1-17(21(26)23-16-18-8-4-2-5-9-18)24-22(27)19-12-14-25(15-13-19)30(28,29)20-10-6-3-7-11-20/h2-11,17,19H,12-16H2,1H3,(H,23,26)(H,24,27)/t17-/m1/s1. The van der Waals surface area contributed by atoms with Gasteiger partial charge in [0.1, 0.15) is 6.04 Å². The third-order valence-electron chi connectivity index (χ3n) is 5.27. The predicted molar refractivity (Wildman–Crippen MR) is 114 cm³/mol. The molecule has 0 bridgehead atoms. The van der Waals surface area contributed by atoms with Gasteiger partial charge in [-0.3, -0.25) is 9.59 Å². The zero-order valence-electron chi connectivity index (χ0n) is 17.0. The molecule has 1 heterocycles. The number of hydrogen-bond acceptors (Lipinski definition) is 4. The third kappa shape index (κ3) is 5.46. The molecule has 0 unspecified atom stereocenters. The summed E-state index contributed by atoms with van der Waals surface area (Å²) in [5, 5.41) is 5.56. The van der Waals surface area contributed by atoms with Gasteiger partial charge in [-0.05, 0) is 37.5 Å². The van der Waals surface area contributed by atoms with Crippen molar-refractivity contribution in [1.29, 1.82) is 0 Å². The SMILES string of the molecule is C[C@@H](NC(=O)C1CCN(S(=O)(=O)c2ccccc2)CC1)C(=O)NCc1ccccc1. The first-order chi connectivity index (χ1) is 14.4. The number of nitrogens with zero attached hydrogens (tertiary/aromatic N) is 1. The highest BCUT2D eigenvalue weighted by atomic mass is 32.2. The summed E-state index contributed by atoms with van der Waals surface area (Å²) in [4.78, 5) is 25.1. The lowest BCUT2D eigenvalue weighted by Gasteiger charge is -2.31. The molecule has 2 amide bonds. The number of sulfonamides is 1. The van der Waals surface area contributed by atoms with Gasteiger partial charge in [-0.25, -0.2) is 8.42 Å². The number of piperidine rings is 1. The van der Waals surface area contributed by atoms with Crippen molar-refractivity contribution in [2.24, 2.45) is 5.92 Å². The molecule has 1 fully saturated rings. The normalized spacial score (nSPS) is 16.6. The van der Waals surface area contributed by atoms with Gasteiger partial charge in [0.2, 0.25) is 21.8 Å². The number of hydrogen-bond donors (Lipinski definition) is 2. The Kier molecular flexibility index (Phi) is 7.23. The Morgan fingerprint density at radius 1 is 1.00 bits per heavy atom. The molecular formula is C22H27N3O4S. The number of amides is 2. The van der Waals surface area contributed by atoms with Crippen molar-refractivity contribution >= 4 is 21.8 Å². The summed E-state index contributed by atoms with van der Waals surface area (Å²) >= 11 is 0. The molecule has 160 valence electrons. The van der Waals surface area contributed by atoms with Crippen molar-refractivity contribution in [2.45, 2.75) is 37.2 Å². The summed E-state index contributed by atoms with van der Waals surface area (Å²) in [5.41, 5.74) is 0.983. The van der Waals surface area contributed by atoms with E-state index in [0.29, 0.717) is 19.4 Å². The van der Waals surface area contributed by atoms with E-state index in [1.54, 1.807) is 37.3 Å². The Bertz CT molecular complexity index is 956. The van der Waals surface area contributed by atoms with Crippen molar-refractivity contribution < 1.29 is 18.0 Å². The van der Waals surface area contributed by atoms with E-state index >= 15 is 0 Å². The van der Waals surface area contributed by atoms with Crippen LogP contribution in [0.3, 0.4) is 0 Å². The van der Waals surface area contributed by atoms with Crippen molar-refractivity contribution in [1.82, 2.24) is 14.9 Å². The quantitative estimate of drug-likeness (QED) is 0.703. The second kappa shape index (κ2) is 9.86. The fraction of sp³-hybridized carbons (Fsp3) is 0.364. The Balaban J connectivity index is 1.47. The number of nitrogens with one attached hydrogen (secondary N) is 2. The van der Waals surface area contributed by atoms with Crippen molar-refractivity contribution in [3.8, 4) is 0 Å². The summed E-state index contributed by atoms with van der Waals surface area (Å²) < 4.78 is 26.8. The predicted octanol–water partition coefficient (Wildman–Crippen LogP) is 1.91. The Hall–Kier alpha value is -2.71. The summed E-state index contributed by atoms with van der Waals surface area (Å²) in [6.45, 7) is 2.61. The van der Waals surface area contributed by atoms with Crippen LogP contribution in [0.5, 0.6) is 0 Å². The molecule has 2 N–H and O–H groups in total. The third-order valence-corrected chi connectivity index (χ3v) is 7.18. The van der Waals surface area contributed by atoms with Crippen LogP contribution in [0.15, 0.2) is 65.6 Å². The summed E-state index contributed by atoms with van der Waals surface area (Å²) in [5.74, 6) is -0.776. The minimum absolute atomic E-state index is 0.214. The van der Waals surface area contributed by atoms with Gasteiger partial charge in [0.05, 0.1) is 4.90 Å². The summed E-state index contributed by atoms with van der Waals surface area (Å²) in [7, 11) is -3.54. The smallest absolute Gasteiger partial charge is 0.243 e. The Labute approximate surface area is 177 Å². The molecule has 3 rings (SSSR count). The molecule has 7 nitrogen and oxygen atoms in total. The molecular weight excluding hydrogens is 402 g/mol. The van der Waals surface area contributed by atoms with Crippen LogP contribution < -0.4 is 10.6 Å². The van der Waals surface area contributed by atoms with Gasteiger partial charge < -0.3 is 10.6 Å². The van der Waals surface area contributed by atoms with E-state index in [4.69, 9.17) is 0 Å². The zero-order valence-corrected chi connectivity index (χ0v) is 17.8. The first kappa shape index (κ1) is 22.0. The molecule has 30 heavy (non-hydrogen) atoms. The van der Waals surface area contributed by atoms with Crippen molar-refractivity contribution in [2.75, 3.05) is 13.1 Å². The highest BCUT2D eigenvalue weighted by Gasteiger charge is 2.32. The molecule has 8 heteroatoms. The Morgan fingerprint density at radius 3 is 2.17 bits per heavy atom. The fourth-order valence-electron chi connectivity index (χ4n) is 3.43. The molecule has 2 aromatic carbocycles. The van der Waals surface area contributed by atoms with Crippen LogP contribution in [0.4, 0.5) is 0 Å². The molecule has 0 spiro atoms. The maximum absolute atomic E-state index is 12.7. The first-order valence-electron chi connectivity index (χ1n) is 10.0. The van der Waals surface area contributed by atoms with Gasteiger partial charge in [0.15, 0.2) is 0 Å². The van der Waals surface area contributed by atoms with Crippen molar-refractivity contribution in [3.05, 3.63) is 66.2 Å². The highest BCUT2D eigenvalue weighted by molar-refractivity contribution is 7.89. The number of benzene rings is 2. The lowest BCUT2D eigenvalue weighted by Crippen LogP contribution is -2.49. The van der Waals surface area contributed by atoms with Crippen molar-refractivity contribution in [3.63, 3.8) is 0 Å². The van der Waals surface area contributed by atoms with E-state index in [0.717, 1.165) is 5.56 Å². The highest BCUT2D eigenvalue weighted by Crippen LogP contribution is 2.24. The lowest BCUT2D eigenvalue weighted by molar-refractivity contribution is -0.131. The number of carbonyl (C=O) groups excluding carboxylic acids is 2. The molecule has 1 aliphatic heterocycles. The second-order valence-electron chi connectivity index (χ2n) is 7.43. The van der Waals surface area contributed by atoms with Crippen LogP contribution in [-0.4, -0.2) is 43.7 Å². The van der Waals surface area contributed by atoms with E-state index in [-0.39, 0.29) is 35.7 Å². The minimum Gasteiger partial charge on any atom is -0.350 e. The average molecular weight is 430 g/mol. The van der Waals surface area contributed by atoms with Crippen LogP contribution in [-0.2, 0) is 26.2 Å². The molecule has 0 saturated carbocycles. The molecule has 0 radical (unpaired) electrons. The van der Waals surface area contributed by atoms with E-state index in [1.165, 1.54) is 4.31 Å². The summed E-state index contributed by atoms with van der Waals surface area (Å²) in [6, 6.07) is 17.2. The van der Waals surface area contributed by atoms with Gasteiger partial charge in [-0.15, -0.1) is 0 Å². The second-order valence-corrected chi connectivity index (χ2v) is 9.36. The Morgan fingerprint density at radius 2 is 1.57 bits per heavy atom. The molecule has 0 aromatic heterocycles. The van der Waals surface area contributed by atoms with Gasteiger partial charge in [-0.1, -0.05) is 48.5 Å². The van der Waals surface area contributed by atoms with E-state index in [1.807, 2.05) is 30.3 Å².